The number of ether oxygens (including phenoxy) is 2. The molecule has 3 aromatic carbocycles. The summed E-state index contributed by atoms with van der Waals surface area (Å²) in [5, 5.41) is 19.6. The molecule has 1 aliphatic heterocycles. The number of aromatic nitrogens is 2. The monoisotopic (exact) mass is 408 g/mol. The number of fused-ring (bicyclic) bond motifs is 2. The second-order valence-corrected chi connectivity index (χ2v) is 7.27. The maximum absolute atomic E-state index is 9.97. The third kappa shape index (κ3) is 3.08. The van der Waals surface area contributed by atoms with Crippen LogP contribution in [0.15, 0.2) is 78.2 Å². The van der Waals surface area contributed by atoms with Crippen LogP contribution in [0.2, 0.25) is 0 Å². The van der Waals surface area contributed by atoms with Crippen molar-refractivity contribution in [3.8, 4) is 29.0 Å². The Morgan fingerprint density at radius 3 is 2.65 bits per heavy atom. The molecule has 0 saturated carbocycles. The number of rotatable bonds is 4. The van der Waals surface area contributed by atoms with Crippen molar-refractivity contribution in [2.45, 2.75) is 12.8 Å². The molecule has 1 aromatic heterocycles. The molecule has 0 radical (unpaired) electrons. The lowest BCUT2D eigenvalue weighted by Gasteiger charge is -2.25. The number of nitriles is 1. The number of nitrogens with one attached hydrogen (secondary N) is 1. The first-order chi connectivity index (χ1) is 15.2. The van der Waals surface area contributed by atoms with Gasteiger partial charge in [-0.25, -0.2) is 0 Å². The quantitative estimate of drug-likeness (QED) is 0.503. The van der Waals surface area contributed by atoms with Gasteiger partial charge in [0.05, 0.1) is 23.8 Å². The lowest BCUT2D eigenvalue weighted by Crippen LogP contribution is -2.21. The van der Waals surface area contributed by atoms with Crippen LogP contribution < -0.4 is 15.2 Å². The third-order valence-corrected chi connectivity index (χ3v) is 5.53. The number of benzene rings is 3. The summed E-state index contributed by atoms with van der Waals surface area (Å²) < 4.78 is 11.3. The molecule has 0 spiro atoms. The van der Waals surface area contributed by atoms with Gasteiger partial charge in [-0.1, -0.05) is 42.5 Å². The zero-order valence-corrected chi connectivity index (χ0v) is 16.9. The van der Waals surface area contributed by atoms with Gasteiger partial charge >= 0.3 is 0 Å². The molecule has 31 heavy (non-hydrogen) atoms. The van der Waals surface area contributed by atoms with Crippen molar-refractivity contribution < 1.29 is 9.47 Å². The highest BCUT2D eigenvalue weighted by Gasteiger charge is 2.36. The van der Waals surface area contributed by atoms with Gasteiger partial charge in [0.2, 0.25) is 11.8 Å². The van der Waals surface area contributed by atoms with Gasteiger partial charge in [0.15, 0.2) is 0 Å². The average molecular weight is 408 g/mol. The Morgan fingerprint density at radius 2 is 1.87 bits per heavy atom. The second-order valence-electron chi connectivity index (χ2n) is 7.27. The van der Waals surface area contributed by atoms with Crippen LogP contribution in [0, 0.1) is 11.3 Å². The minimum Gasteiger partial charge on any atom is -0.494 e. The number of hydrogen-bond donors (Lipinski definition) is 2. The summed E-state index contributed by atoms with van der Waals surface area (Å²) in [4.78, 5) is 0. The Bertz CT molecular complexity index is 1340. The maximum atomic E-state index is 9.97. The Hall–Kier alpha value is -4.24. The molecule has 1 atom stereocenters. The summed E-state index contributed by atoms with van der Waals surface area (Å²) in [6, 6.07) is 24.2. The van der Waals surface area contributed by atoms with Crippen LogP contribution in [-0.4, -0.2) is 16.8 Å². The van der Waals surface area contributed by atoms with E-state index >= 15 is 0 Å². The van der Waals surface area contributed by atoms with E-state index < -0.39 is 5.92 Å². The predicted molar refractivity (Wildman–Crippen MR) is 118 cm³/mol. The average Bonchev–Trinajstić information content (AvgIpc) is 3.22. The normalized spacial score (nSPS) is 15.3. The Labute approximate surface area is 179 Å². The van der Waals surface area contributed by atoms with Crippen molar-refractivity contribution in [2.24, 2.45) is 5.73 Å². The highest BCUT2D eigenvalue weighted by atomic mass is 16.5. The molecule has 0 aliphatic carbocycles. The van der Waals surface area contributed by atoms with Crippen molar-refractivity contribution >= 4 is 10.8 Å². The number of H-pyrrole nitrogens is 1. The standard InChI is InChI=1S/C25H20N4O2/c1-2-30-17-12-10-16(11-13-17)23-22-21(20(14-26)24(27)31-25(22)29-28-23)19-9-5-7-15-6-3-4-8-18(15)19/h3-13,21H,2,27H2,1H3,(H,28,29). The SMILES string of the molecule is CCOc1ccc(-c2[nH]nc3c2C(c2cccc4ccccc24)C(C#N)=C(N)O3)cc1. The van der Waals surface area contributed by atoms with E-state index in [4.69, 9.17) is 15.2 Å². The first kappa shape index (κ1) is 18.8. The van der Waals surface area contributed by atoms with E-state index in [1.807, 2.05) is 55.5 Å². The molecule has 1 unspecified atom stereocenters. The van der Waals surface area contributed by atoms with Gasteiger partial charge in [-0.05, 0) is 47.5 Å². The van der Waals surface area contributed by atoms with Crippen molar-refractivity contribution in [2.75, 3.05) is 6.61 Å². The minimum absolute atomic E-state index is 0.0812. The fraction of sp³-hybridized carbons (Fsp3) is 0.120. The van der Waals surface area contributed by atoms with Crippen LogP contribution in [0.25, 0.3) is 22.0 Å². The molecular weight excluding hydrogens is 388 g/mol. The zero-order valence-electron chi connectivity index (χ0n) is 16.9. The number of allylic oxidation sites excluding steroid dienone is 1. The molecule has 5 rings (SSSR count). The summed E-state index contributed by atoms with van der Waals surface area (Å²) >= 11 is 0. The van der Waals surface area contributed by atoms with Crippen molar-refractivity contribution in [1.29, 1.82) is 5.26 Å². The van der Waals surface area contributed by atoms with E-state index in [1.165, 1.54) is 0 Å². The van der Waals surface area contributed by atoms with Gasteiger partial charge in [-0.2, -0.15) is 5.26 Å². The molecule has 0 saturated heterocycles. The Balaban J connectivity index is 1.73. The molecule has 3 N–H and O–H groups in total. The molecule has 6 heteroatoms. The van der Waals surface area contributed by atoms with Crippen LogP contribution >= 0.6 is 0 Å². The van der Waals surface area contributed by atoms with Gasteiger partial charge in [-0.3, -0.25) is 5.10 Å². The third-order valence-electron chi connectivity index (χ3n) is 5.53. The summed E-state index contributed by atoms with van der Waals surface area (Å²) in [6.07, 6.45) is 0. The number of nitrogens with two attached hydrogens (primary N) is 1. The summed E-state index contributed by atoms with van der Waals surface area (Å²) in [6.45, 7) is 2.55. The van der Waals surface area contributed by atoms with E-state index in [-0.39, 0.29) is 5.88 Å². The fourth-order valence-electron chi connectivity index (χ4n) is 4.16. The zero-order chi connectivity index (χ0) is 21.4. The van der Waals surface area contributed by atoms with Crippen LogP contribution in [-0.2, 0) is 0 Å². The molecule has 6 nitrogen and oxygen atoms in total. The van der Waals surface area contributed by atoms with Gasteiger partial charge < -0.3 is 15.2 Å². The highest BCUT2D eigenvalue weighted by molar-refractivity contribution is 5.88. The topological polar surface area (TPSA) is 97.0 Å². The summed E-state index contributed by atoms with van der Waals surface area (Å²) in [7, 11) is 0. The number of hydrogen-bond acceptors (Lipinski definition) is 5. The van der Waals surface area contributed by atoms with Crippen LogP contribution in [0.1, 0.15) is 24.0 Å². The van der Waals surface area contributed by atoms with E-state index in [0.717, 1.165) is 38.9 Å². The predicted octanol–water partition coefficient (Wildman–Crippen LogP) is 4.85. The van der Waals surface area contributed by atoms with Crippen LogP contribution in [0.5, 0.6) is 11.6 Å². The fourth-order valence-corrected chi connectivity index (χ4v) is 4.16. The molecular formula is C25H20N4O2. The maximum Gasteiger partial charge on any atom is 0.244 e. The molecule has 0 bridgehead atoms. The molecule has 2 heterocycles. The first-order valence-electron chi connectivity index (χ1n) is 10.1. The van der Waals surface area contributed by atoms with Crippen LogP contribution in [0.3, 0.4) is 0 Å². The Morgan fingerprint density at radius 1 is 1.10 bits per heavy atom. The van der Waals surface area contributed by atoms with Crippen molar-refractivity contribution in [1.82, 2.24) is 10.2 Å². The second kappa shape index (κ2) is 7.54. The molecule has 0 fully saturated rings. The molecule has 0 amide bonds. The Kier molecular flexibility index (Phi) is 4.57. The van der Waals surface area contributed by atoms with E-state index in [9.17, 15) is 5.26 Å². The smallest absolute Gasteiger partial charge is 0.244 e. The molecule has 4 aromatic rings. The number of aromatic amines is 1. The van der Waals surface area contributed by atoms with E-state index in [2.05, 4.69) is 34.5 Å². The van der Waals surface area contributed by atoms with E-state index in [1.54, 1.807) is 0 Å². The lowest BCUT2D eigenvalue weighted by atomic mass is 9.81. The van der Waals surface area contributed by atoms with Crippen molar-refractivity contribution in [3.63, 3.8) is 0 Å². The summed E-state index contributed by atoms with van der Waals surface area (Å²) in [5.41, 5.74) is 10.0. The van der Waals surface area contributed by atoms with Crippen LogP contribution in [0.4, 0.5) is 0 Å². The van der Waals surface area contributed by atoms with Gasteiger partial charge in [-0.15, -0.1) is 5.10 Å². The lowest BCUT2D eigenvalue weighted by molar-refractivity contribution is 0.340. The van der Waals surface area contributed by atoms with Crippen molar-refractivity contribution in [3.05, 3.63) is 89.3 Å². The van der Waals surface area contributed by atoms with Gasteiger partial charge in [0.1, 0.15) is 17.4 Å². The molecule has 1 aliphatic rings. The van der Waals surface area contributed by atoms with Gasteiger partial charge in [0, 0.05) is 5.56 Å². The summed E-state index contributed by atoms with van der Waals surface area (Å²) in [5.74, 6) is 0.861. The largest absolute Gasteiger partial charge is 0.494 e. The van der Waals surface area contributed by atoms with Gasteiger partial charge in [0.25, 0.3) is 0 Å². The minimum atomic E-state index is -0.403. The molecule has 152 valence electrons. The highest BCUT2D eigenvalue weighted by Crippen LogP contribution is 2.47. The number of nitrogens with zero attached hydrogens (tertiary/aromatic N) is 2. The van der Waals surface area contributed by atoms with E-state index in [0.29, 0.717) is 18.1 Å². The first-order valence-corrected chi connectivity index (χ1v) is 10.1.